The van der Waals surface area contributed by atoms with Gasteiger partial charge in [-0.25, -0.2) is 9.37 Å². The number of carbonyl (C=O) groups excluding carboxylic acids is 1. The van der Waals surface area contributed by atoms with Gasteiger partial charge in [-0.1, -0.05) is 19.1 Å². The number of fused-ring (bicyclic) bond motifs is 1. The number of nitrogens with zero attached hydrogens (tertiary/aromatic N) is 2. The van der Waals surface area contributed by atoms with E-state index in [2.05, 4.69) is 26.2 Å². The van der Waals surface area contributed by atoms with E-state index in [9.17, 15) is 9.18 Å². The molecule has 0 saturated heterocycles. The van der Waals surface area contributed by atoms with Crippen LogP contribution in [0.5, 0.6) is 0 Å². The van der Waals surface area contributed by atoms with Crippen molar-refractivity contribution in [3.05, 3.63) is 69.8 Å². The molecular weight excluding hydrogens is 361 g/mol. The van der Waals surface area contributed by atoms with Gasteiger partial charge in [-0.3, -0.25) is 9.20 Å². The van der Waals surface area contributed by atoms with Crippen molar-refractivity contribution < 1.29 is 9.18 Å². The number of hydrogen-bond donors (Lipinski definition) is 1. The summed E-state index contributed by atoms with van der Waals surface area (Å²) in [4.78, 5) is 17.1. The SMILES string of the molecule is CCc1nc2ccc(Br)cn2c1C(=O)NCc1ccc(F)cc1. The molecule has 118 valence electrons. The lowest BCUT2D eigenvalue weighted by molar-refractivity contribution is 0.0944. The number of aryl methyl sites for hydroxylation is 1. The van der Waals surface area contributed by atoms with Gasteiger partial charge in [-0.2, -0.15) is 0 Å². The van der Waals surface area contributed by atoms with Gasteiger partial charge < -0.3 is 5.32 Å². The second-order valence-corrected chi connectivity index (χ2v) is 6.06. The average molecular weight is 376 g/mol. The Morgan fingerprint density at radius 1 is 1.26 bits per heavy atom. The van der Waals surface area contributed by atoms with Crippen LogP contribution in [0.4, 0.5) is 4.39 Å². The molecule has 0 aliphatic carbocycles. The van der Waals surface area contributed by atoms with E-state index in [1.807, 2.05) is 25.3 Å². The zero-order valence-corrected chi connectivity index (χ0v) is 14.1. The van der Waals surface area contributed by atoms with Gasteiger partial charge in [0.2, 0.25) is 0 Å². The molecule has 3 rings (SSSR count). The number of carbonyl (C=O) groups is 1. The number of nitrogens with one attached hydrogen (secondary N) is 1. The second-order valence-electron chi connectivity index (χ2n) is 5.15. The van der Waals surface area contributed by atoms with E-state index in [1.165, 1.54) is 12.1 Å². The minimum absolute atomic E-state index is 0.197. The van der Waals surface area contributed by atoms with Crippen molar-refractivity contribution >= 4 is 27.5 Å². The first kappa shape index (κ1) is 15.7. The highest BCUT2D eigenvalue weighted by molar-refractivity contribution is 9.10. The van der Waals surface area contributed by atoms with Gasteiger partial charge in [-0.15, -0.1) is 0 Å². The van der Waals surface area contributed by atoms with Crippen LogP contribution in [0.25, 0.3) is 5.65 Å². The van der Waals surface area contributed by atoms with Crippen LogP contribution in [0, 0.1) is 5.82 Å². The maximum atomic E-state index is 12.9. The molecule has 0 aliphatic heterocycles. The van der Waals surface area contributed by atoms with Crippen LogP contribution in [0.15, 0.2) is 47.1 Å². The molecule has 1 aromatic carbocycles. The van der Waals surface area contributed by atoms with Gasteiger partial charge >= 0.3 is 0 Å². The summed E-state index contributed by atoms with van der Waals surface area (Å²) in [6.45, 7) is 2.30. The molecule has 3 aromatic rings. The standard InChI is InChI=1S/C17H15BrFN3O/c1-2-14-16(22-10-12(18)5-8-15(22)21-14)17(23)20-9-11-3-6-13(19)7-4-11/h3-8,10H,2,9H2,1H3,(H,20,23). The fraction of sp³-hybridized carbons (Fsp3) is 0.176. The molecule has 1 amide bonds. The smallest absolute Gasteiger partial charge is 0.270 e. The van der Waals surface area contributed by atoms with Gasteiger partial charge in [0.25, 0.3) is 5.91 Å². The molecule has 4 nitrogen and oxygen atoms in total. The van der Waals surface area contributed by atoms with Crippen molar-refractivity contribution in [1.29, 1.82) is 0 Å². The summed E-state index contributed by atoms with van der Waals surface area (Å²) in [5.41, 5.74) is 2.86. The summed E-state index contributed by atoms with van der Waals surface area (Å²) in [5.74, 6) is -0.489. The second kappa shape index (κ2) is 6.50. The number of benzene rings is 1. The lowest BCUT2D eigenvalue weighted by atomic mass is 10.2. The molecule has 1 N–H and O–H groups in total. The van der Waals surface area contributed by atoms with Crippen molar-refractivity contribution in [2.75, 3.05) is 0 Å². The molecular formula is C17H15BrFN3O. The molecule has 6 heteroatoms. The topological polar surface area (TPSA) is 46.4 Å². The van der Waals surface area contributed by atoms with Crippen molar-refractivity contribution in [2.24, 2.45) is 0 Å². The Balaban J connectivity index is 1.87. The molecule has 2 heterocycles. The summed E-state index contributed by atoms with van der Waals surface area (Å²) in [7, 11) is 0. The maximum Gasteiger partial charge on any atom is 0.270 e. The number of rotatable bonds is 4. The number of halogens is 2. The number of aromatic nitrogens is 2. The van der Waals surface area contributed by atoms with E-state index in [4.69, 9.17) is 0 Å². The number of hydrogen-bond acceptors (Lipinski definition) is 2. The van der Waals surface area contributed by atoms with Crippen LogP contribution < -0.4 is 5.32 Å². The van der Waals surface area contributed by atoms with E-state index >= 15 is 0 Å². The summed E-state index contributed by atoms with van der Waals surface area (Å²) in [6.07, 6.45) is 2.49. The first-order chi connectivity index (χ1) is 11.1. The molecule has 23 heavy (non-hydrogen) atoms. The molecule has 0 spiro atoms. The highest BCUT2D eigenvalue weighted by atomic mass is 79.9. The predicted octanol–water partition coefficient (Wildman–Crippen LogP) is 3.73. The van der Waals surface area contributed by atoms with Gasteiger partial charge in [-0.05, 0) is 52.2 Å². The molecule has 0 unspecified atom stereocenters. The normalized spacial score (nSPS) is 10.9. The van der Waals surface area contributed by atoms with Crippen molar-refractivity contribution in [1.82, 2.24) is 14.7 Å². The number of amides is 1. The first-order valence-corrected chi connectivity index (χ1v) is 8.07. The fourth-order valence-corrected chi connectivity index (χ4v) is 2.76. The zero-order chi connectivity index (χ0) is 16.4. The van der Waals surface area contributed by atoms with Crippen LogP contribution in [0.3, 0.4) is 0 Å². The molecule has 0 aliphatic rings. The Hall–Kier alpha value is -2.21. The van der Waals surface area contributed by atoms with E-state index in [1.54, 1.807) is 16.5 Å². The largest absolute Gasteiger partial charge is 0.347 e. The van der Waals surface area contributed by atoms with E-state index in [-0.39, 0.29) is 11.7 Å². The van der Waals surface area contributed by atoms with E-state index in [0.717, 1.165) is 21.4 Å². The Labute approximate surface area is 141 Å². The third kappa shape index (κ3) is 3.27. The van der Waals surface area contributed by atoms with Gasteiger partial charge in [0.05, 0.1) is 5.69 Å². The Kier molecular flexibility index (Phi) is 4.43. The Morgan fingerprint density at radius 3 is 2.70 bits per heavy atom. The van der Waals surface area contributed by atoms with Crippen LogP contribution in [0.2, 0.25) is 0 Å². The lowest BCUT2D eigenvalue weighted by Crippen LogP contribution is -2.25. The van der Waals surface area contributed by atoms with Crippen LogP contribution in [-0.2, 0) is 13.0 Å². The quantitative estimate of drug-likeness (QED) is 0.754. The van der Waals surface area contributed by atoms with Gasteiger partial charge in [0.15, 0.2) is 0 Å². The van der Waals surface area contributed by atoms with Crippen molar-refractivity contribution in [3.8, 4) is 0 Å². The van der Waals surface area contributed by atoms with Crippen LogP contribution in [0.1, 0.15) is 28.7 Å². The van der Waals surface area contributed by atoms with Gasteiger partial charge in [0, 0.05) is 17.2 Å². The summed E-state index contributed by atoms with van der Waals surface area (Å²) < 4.78 is 15.6. The van der Waals surface area contributed by atoms with Crippen molar-refractivity contribution in [2.45, 2.75) is 19.9 Å². The van der Waals surface area contributed by atoms with Gasteiger partial charge in [0.1, 0.15) is 17.2 Å². The predicted molar refractivity (Wildman–Crippen MR) is 89.8 cm³/mol. The number of pyridine rings is 1. The lowest BCUT2D eigenvalue weighted by Gasteiger charge is -2.07. The molecule has 0 bridgehead atoms. The molecule has 2 aromatic heterocycles. The highest BCUT2D eigenvalue weighted by Gasteiger charge is 2.18. The minimum Gasteiger partial charge on any atom is -0.347 e. The average Bonchev–Trinajstić information content (AvgIpc) is 2.91. The summed E-state index contributed by atoms with van der Waals surface area (Å²) >= 11 is 3.41. The van der Waals surface area contributed by atoms with Crippen LogP contribution in [-0.4, -0.2) is 15.3 Å². The molecule has 0 radical (unpaired) electrons. The fourth-order valence-electron chi connectivity index (χ4n) is 2.42. The van der Waals surface area contributed by atoms with Crippen molar-refractivity contribution in [3.63, 3.8) is 0 Å². The Bertz CT molecular complexity index is 858. The minimum atomic E-state index is -0.292. The van der Waals surface area contributed by atoms with E-state index < -0.39 is 0 Å². The first-order valence-electron chi connectivity index (χ1n) is 7.27. The molecule has 0 fully saturated rings. The third-order valence-electron chi connectivity index (χ3n) is 3.57. The molecule has 0 saturated carbocycles. The van der Waals surface area contributed by atoms with Crippen LogP contribution >= 0.6 is 15.9 Å². The Morgan fingerprint density at radius 2 is 2.00 bits per heavy atom. The summed E-state index contributed by atoms with van der Waals surface area (Å²) in [6, 6.07) is 9.82. The monoisotopic (exact) mass is 375 g/mol. The highest BCUT2D eigenvalue weighted by Crippen LogP contribution is 2.18. The molecule has 0 atom stereocenters. The zero-order valence-electron chi connectivity index (χ0n) is 12.5. The maximum absolute atomic E-state index is 12.9. The summed E-state index contributed by atoms with van der Waals surface area (Å²) in [5, 5.41) is 2.87. The third-order valence-corrected chi connectivity index (χ3v) is 4.04. The van der Waals surface area contributed by atoms with E-state index in [0.29, 0.717) is 18.7 Å². The number of imidazole rings is 1.